The minimum atomic E-state index is -0.654. The predicted octanol–water partition coefficient (Wildman–Crippen LogP) is 1.51. The number of nitrogens with one attached hydrogen (secondary N) is 1. The van der Waals surface area contributed by atoms with E-state index in [1.165, 1.54) is 12.1 Å². The average molecular weight is 155 g/mol. The molecule has 0 aromatic heterocycles. The number of nitrogens with two attached hydrogens (primary N) is 1. The van der Waals surface area contributed by atoms with Crippen molar-refractivity contribution >= 4 is 11.4 Å². The maximum absolute atomic E-state index is 12.5. The number of nitrogens with zero attached hydrogens (tertiary/aromatic N) is 1. The lowest BCUT2D eigenvalue weighted by Gasteiger charge is -1.98. The van der Waals surface area contributed by atoms with E-state index in [0.717, 1.165) is 6.07 Å². The van der Waals surface area contributed by atoms with Crippen molar-refractivity contribution in [1.29, 1.82) is 0 Å². The number of nitrogen functional groups attached to an aromatic ring is 1. The summed E-state index contributed by atoms with van der Waals surface area (Å²) in [6, 6.07) is 3.75. The van der Waals surface area contributed by atoms with Gasteiger partial charge in [0.15, 0.2) is 5.82 Å². The maximum atomic E-state index is 12.5. The zero-order chi connectivity index (χ0) is 8.27. The first-order valence-electron chi connectivity index (χ1n) is 2.87. The highest BCUT2D eigenvalue weighted by atomic mass is 19.1. The SMILES string of the molecule is NNc1ccc(F)c(N=O)c1. The molecule has 0 aliphatic carbocycles. The second kappa shape index (κ2) is 3.07. The van der Waals surface area contributed by atoms with Crippen molar-refractivity contribution in [2.45, 2.75) is 0 Å². The molecule has 0 aliphatic heterocycles. The van der Waals surface area contributed by atoms with E-state index in [4.69, 9.17) is 5.84 Å². The third-order valence-corrected chi connectivity index (χ3v) is 1.21. The molecule has 0 bridgehead atoms. The van der Waals surface area contributed by atoms with Crippen LogP contribution in [0.1, 0.15) is 0 Å². The number of hydrogen-bond acceptors (Lipinski definition) is 4. The Morgan fingerprint density at radius 2 is 2.27 bits per heavy atom. The molecule has 4 nitrogen and oxygen atoms in total. The summed E-state index contributed by atoms with van der Waals surface area (Å²) in [4.78, 5) is 9.94. The van der Waals surface area contributed by atoms with Crippen LogP contribution in [0.4, 0.5) is 15.8 Å². The molecule has 0 radical (unpaired) electrons. The molecule has 1 aromatic rings. The van der Waals surface area contributed by atoms with Crippen molar-refractivity contribution < 1.29 is 4.39 Å². The third-order valence-electron chi connectivity index (χ3n) is 1.21. The van der Waals surface area contributed by atoms with Gasteiger partial charge in [-0.15, -0.1) is 4.91 Å². The Bertz CT molecular complexity index is 277. The van der Waals surface area contributed by atoms with Crippen LogP contribution in [0.3, 0.4) is 0 Å². The molecule has 0 atom stereocenters. The quantitative estimate of drug-likeness (QED) is 0.386. The summed E-state index contributed by atoms with van der Waals surface area (Å²) in [5, 5.41) is 2.46. The van der Waals surface area contributed by atoms with Crippen LogP contribution in [0.2, 0.25) is 0 Å². The van der Waals surface area contributed by atoms with Gasteiger partial charge < -0.3 is 5.43 Å². The molecule has 0 aliphatic rings. The highest BCUT2D eigenvalue weighted by Crippen LogP contribution is 2.20. The van der Waals surface area contributed by atoms with Crippen LogP contribution in [0.25, 0.3) is 0 Å². The average Bonchev–Trinajstić information content (AvgIpc) is 2.05. The van der Waals surface area contributed by atoms with E-state index >= 15 is 0 Å². The van der Waals surface area contributed by atoms with Crippen LogP contribution in [0, 0.1) is 10.7 Å². The number of anilines is 1. The van der Waals surface area contributed by atoms with Crippen LogP contribution < -0.4 is 11.3 Å². The van der Waals surface area contributed by atoms with Gasteiger partial charge in [0.05, 0.1) is 5.69 Å². The molecule has 0 spiro atoms. The van der Waals surface area contributed by atoms with Gasteiger partial charge in [0, 0.05) is 0 Å². The molecule has 1 aromatic carbocycles. The van der Waals surface area contributed by atoms with Gasteiger partial charge in [0.2, 0.25) is 0 Å². The molecule has 11 heavy (non-hydrogen) atoms. The minimum Gasteiger partial charge on any atom is -0.324 e. The van der Waals surface area contributed by atoms with Gasteiger partial charge >= 0.3 is 0 Å². The van der Waals surface area contributed by atoms with Crippen molar-refractivity contribution in [3.05, 3.63) is 28.9 Å². The van der Waals surface area contributed by atoms with E-state index in [-0.39, 0.29) is 5.69 Å². The topological polar surface area (TPSA) is 67.5 Å². The summed E-state index contributed by atoms with van der Waals surface area (Å²) in [6.45, 7) is 0. The molecule has 0 unspecified atom stereocenters. The molecular formula is C6H6FN3O. The Hall–Kier alpha value is -1.49. The van der Waals surface area contributed by atoms with Gasteiger partial charge in [-0.05, 0) is 23.4 Å². The fourth-order valence-corrected chi connectivity index (χ4v) is 0.672. The maximum Gasteiger partial charge on any atom is 0.152 e. The van der Waals surface area contributed by atoms with Crippen LogP contribution in [-0.4, -0.2) is 0 Å². The molecule has 0 heterocycles. The molecule has 0 saturated heterocycles. The van der Waals surface area contributed by atoms with E-state index < -0.39 is 5.82 Å². The molecule has 3 N–H and O–H groups in total. The third kappa shape index (κ3) is 1.50. The largest absolute Gasteiger partial charge is 0.324 e. The number of hydrogen-bond donors (Lipinski definition) is 2. The predicted molar refractivity (Wildman–Crippen MR) is 39.7 cm³/mol. The Morgan fingerprint density at radius 1 is 1.55 bits per heavy atom. The van der Waals surface area contributed by atoms with Gasteiger partial charge in [-0.3, -0.25) is 5.84 Å². The summed E-state index contributed by atoms with van der Waals surface area (Å²) >= 11 is 0. The first kappa shape index (κ1) is 7.62. The van der Waals surface area contributed by atoms with E-state index in [2.05, 4.69) is 10.6 Å². The van der Waals surface area contributed by atoms with Crippen molar-refractivity contribution in [2.75, 3.05) is 5.43 Å². The van der Waals surface area contributed by atoms with Gasteiger partial charge in [0.1, 0.15) is 5.69 Å². The lowest BCUT2D eigenvalue weighted by atomic mass is 10.3. The Balaban J connectivity index is 3.12. The summed E-state index contributed by atoms with van der Waals surface area (Å²) in [5.74, 6) is 4.35. The fraction of sp³-hybridized carbons (Fsp3) is 0. The van der Waals surface area contributed by atoms with Gasteiger partial charge in [-0.25, -0.2) is 4.39 Å². The van der Waals surface area contributed by atoms with Crippen molar-refractivity contribution in [1.82, 2.24) is 0 Å². The molecule has 0 fully saturated rings. The van der Waals surface area contributed by atoms with Crippen LogP contribution >= 0.6 is 0 Å². The van der Waals surface area contributed by atoms with Gasteiger partial charge in [-0.2, -0.15) is 0 Å². The fourth-order valence-electron chi connectivity index (χ4n) is 0.672. The van der Waals surface area contributed by atoms with Gasteiger partial charge in [-0.1, -0.05) is 0 Å². The highest BCUT2D eigenvalue weighted by Gasteiger charge is 2.01. The summed E-state index contributed by atoms with van der Waals surface area (Å²) in [5.41, 5.74) is 2.46. The molecule has 0 saturated carbocycles. The van der Waals surface area contributed by atoms with Crippen molar-refractivity contribution in [3.63, 3.8) is 0 Å². The minimum absolute atomic E-state index is 0.250. The summed E-state index contributed by atoms with van der Waals surface area (Å²) < 4.78 is 12.5. The smallest absolute Gasteiger partial charge is 0.152 e. The van der Waals surface area contributed by atoms with E-state index in [0.29, 0.717) is 5.69 Å². The van der Waals surface area contributed by atoms with Gasteiger partial charge in [0.25, 0.3) is 0 Å². The molecular weight excluding hydrogens is 149 g/mol. The summed E-state index contributed by atoms with van der Waals surface area (Å²) in [7, 11) is 0. The van der Waals surface area contributed by atoms with Crippen LogP contribution in [-0.2, 0) is 0 Å². The van der Waals surface area contributed by atoms with E-state index in [1.807, 2.05) is 0 Å². The first-order chi connectivity index (χ1) is 5.27. The monoisotopic (exact) mass is 155 g/mol. The number of nitroso groups, excluding NO2 is 1. The van der Waals surface area contributed by atoms with Crippen molar-refractivity contribution in [3.8, 4) is 0 Å². The standard InChI is InChI=1S/C6H6FN3O/c7-5-2-1-4(9-8)3-6(5)10-11/h1-3,9H,8H2. The van der Waals surface area contributed by atoms with E-state index in [9.17, 15) is 9.30 Å². The van der Waals surface area contributed by atoms with Crippen molar-refractivity contribution in [2.24, 2.45) is 11.0 Å². The first-order valence-corrected chi connectivity index (χ1v) is 2.87. The summed E-state index contributed by atoms with van der Waals surface area (Å²) in [6.07, 6.45) is 0. The number of halogens is 1. The molecule has 58 valence electrons. The Morgan fingerprint density at radius 3 is 2.82 bits per heavy atom. The van der Waals surface area contributed by atoms with Crippen LogP contribution in [0.15, 0.2) is 23.4 Å². The normalized spacial score (nSPS) is 9.27. The zero-order valence-electron chi connectivity index (χ0n) is 5.54. The second-order valence-electron chi connectivity index (χ2n) is 1.90. The lowest BCUT2D eigenvalue weighted by molar-refractivity contribution is 0.630. The van der Waals surface area contributed by atoms with Crippen LogP contribution in [0.5, 0.6) is 0 Å². The Kier molecular flexibility index (Phi) is 2.12. The Labute approximate surface area is 62.2 Å². The van der Waals surface area contributed by atoms with E-state index in [1.54, 1.807) is 0 Å². The molecule has 0 amide bonds. The number of benzene rings is 1. The second-order valence-corrected chi connectivity index (χ2v) is 1.90. The highest BCUT2D eigenvalue weighted by molar-refractivity contribution is 5.53. The lowest BCUT2D eigenvalue weighted by Crippen LogP contribution is -2.06. The number of hydrazine groups is 1. The molecule has 5 heteroatoms. The number of rotatable bonds is 2. The zero-order valence-corrected chi connectivity index (χ0v) is 5.54. The molecule has 1 rings (SSSR count).